The van der Waals surface area contributed by atoms with Crippen molar-refractivity contribution in [2.45, 2.75) is 20.4 Å². The van der Waals surface area contributed by atoms with E-state index in [0.29, 0.717) is 41.5 Å². The summed E-state index contributed by atoms with van der Waals surface area (Å²) in [5.41, 5.74) is 4.92. The van der Waals surface area contributed by atoms with Crippen molar-refractivity contribution in [2.24, 2.45) is 0 Å². The van der Waals surface area contributed by atoms with Gasteiger partial charge in [0.1, 0.15) is 17.3 Å². The van der Waals surface area contributed by atoms with Crippen LogP contribution in [-0.2, 0) is 16.1 Å². The van der Waals surface area contributed by atoms with Gasteiger partial charge in [0.25, 0.3) is 5.56 Å². The third kappa shape index (κ3) is 5.86. The highest BCUT2D eigenvalue weighted by molar-refractivity contribution is 5.93. The van der Waals surface area contributed by atoms with Gasteiger partial charge in [-0.3, -0.25) is 4.79 Å². The van der Waals surface area contributed by atoms with E-state index in [2.05, 4.69) is 15.3 Å². The number of fused-ring (bicyclic) bond motifs is 1. The molecule has 2 aromatic heterocycles. The van der Waals surface area contributed by atoms with Gasteiger partial charge in [0, 0.05) is 5.57 Å². The zero-order valence-corrected chi connectivity index (χ0v) is 23.2. The molecule has 5 aromatic rings. The number of esters is 1. The Morgan fingerprint density at radius 3 is 2.54 bits per heavy atom. The van der Waals surface area contributed by atoms with E-state index in [-0.39, 0.29) is 11.5 Å². The van der Waals surface area contributed by atoms with Gasteiger partial charge in [-0.25, -0.2) is 14.5 Å². The summed E-state index contributed by atoms with van der Waals surface area (Å²) in [6.45, 7) is 4.41. The maximum Gasteiger partial charge on any atom is 0.333 e. The molecule has 5 rings (SSSR count). The number of nitrogens with one attached hydrogen (secondary N) is 1. The molecule has 0 aliphatic rings. The molecule has 3 aromatic carbocycles. The normalized spacial score (nSPS) is 11.5. The molecule has 0 fully saturated rings. The second kappa shape index (κ2) is 11.9. The molecule has 0 atom stereocenters. The zero-order chi connectivity index (χ0) is 28.9. The minimum atomic E-state index is -0.391. The highest BCUT2D eigenvalue weighted by Gasteiger charge is 2.17. The smallest absolute Gasteiger partial charge is 0.333 e. The van der Waals surface area contributed by atoms with E-state index in [0.717, 1.165) is 28.0 Å². The first kappa shape index (κ1) is 27.3. The number of hydrogen-bond acceptors (Lipinski definition) is 8. The van der Waals surface area contributed by atoms with E-state index in [1.54, 1.807) is 24.8 Å². The van der Waals surface area contributed by atoms with Gasteiger partial charge in [0.15, 0.2) is 11.2 Å². The third-order valence-corrected chi connectivity index (χ3v) is 6.51. The quantitative estimate of drug-likeness (QED) is 0.203. The zero-order valence-electron chi connectivity index (χ0n) is 23.2. The molecule has 0 radical (unpaired) electrons. The molecule has 2 heterocycles. The van der Waals surface area contributed by atoms with E-state index in [4.69, 9.17) is 19.2 Å². The van der Waals surface area contributed by atoms with Crippen molar-refractivity contribution < 1.29 is 19.0 Å². The first-order valence-corrected chi connectivity index (χ1v) is 13.0. The average Bonchev–Trinajstić information content (AvgIpc) is 3.40. The number of H-pyrrole nitrogens is 1. The lowest BCUT2D eigenvalue weighted by Gasteiger charge is -2.13. The van der Waals surface area contributed by atoms with Gasteiger partial charge < -0.3 is 19.2 Å². The fourth-order valence-corrected chi connectivity index (χ4v) is 4.45. The minimum Gasteiger partial charge on any atom is -0.497 e. The maximum atomic E-state index is 13.0. The highest BCUT2D eigenvalue weighted by atomic mass is 16.5. The molecule has 208 valence electrons. The van der Waals surface area contributed by atoms with Gasteiger partial charge in [-0.15, -0.1) is 5.10 Å². The molecule has 10 nitrogen and oxygen atoms in total. The molecular weight excluding hydrogens is 522 g/mol. The van der Waals surface area contributed by atoms with Crippen LogP contribution in [0.5, 0.6) is 11.5 Å². The number of rotatable bonds is 9. The van der Waals surface area contributed by atoms with Crippen LogP contribution < -0.4 is 15.0 Å². The summed E-state index contributed by atoms with van der Waals surface area (Å²) in [7, 11) is 2.97. The maximum absolute atomic E-state index is 13.0. The number of benzene rings is 3. The van der Waals surface area contributed by atoms with Crippen LogP contribution in [-0.4, -0.2) is 51.8 Å². The Balaban J connectivity index is 1.52. The number of aromatic nitrogens is 5. The van der Waals surface area contributed by atoms with Gasteiger partial charge in [-0.2, -0.15) is 0 Å². The van der Waals surface area contributed by atoms with Crippen molar-refractivity contribution in [1.82, 2.24) is 25.0 Å². The summed E-state index contributed by atoms with van der Waals surface area (Å²) in [6, 6.07) is 21.1. The first-order valence-electron chi connectivity index (χ1n) is 13.0. The molecule has 0 saturated heterocycles. The second-order valence-corrected chi connectivity index (χ2v) is 9.27. The van der Waals surface area contributed by atoms with Crippen molar-refractivity contribution in [1.29, 1.82) is 0 Å². The molecule has 1 N–H and O–H groups in total. The molecular formula is C31H29N5O5. The van der Waals surface area contributed by atoms with E-state index in [1.165, 1.54) is 7.11 Å². The highest BCUT2D eigenvalue weighted by Crippen LogP contribution is 2.33. The minimum absolute atomic E-state index is 0.156. The summed E-state index contributed by atoms with van der Waals surface area (Å²) in [4.78, 5) is 32.4. The van der Waals surface area contributed by atoms with Crippen molar-refractivity contribution >= 4 is 23.2 Å². The lowest BCUT2D eigenvalue weighted by atomic mass is 10.00. The molecule has 0 amide bonds. The van der Waals surface area contributed by atoms with Crippen molar-refractivity contribution in [2.75, 3.05) is 20.8 Å². The number of hydrogen-bond donors (Lipinski definition) is 1. The topological polar surface area (TPSA) is 121 Å². The van der Waals surface area contributed by atoms with E-state index < -0.39 is 5.56 Å². The number of methoxy groups -OCH3 is 2. The van der Waals surface area contributed by atoms with Gasteiger partial charge >= 0.3 is 5.97 Å². The lowest BCUT2D eigenvalue weighted by molar-refractivity contribution is -0.135. The molecule has 0 bridgehead atoms. The summed E-state index contributed by atoms with van der Waals surface area (Å²) in [5.74, 6) is 1.28. The predicted molar refractivity (Wildman–Crippen MR) is 156 cm³/mol. The summed E-state index contributed by atoms with van der Waals surface area (Å²) >= 11 is 0. The van der Waals surface area contributed by atoms with Crippen molar-refractivity contribution in [3.05, 3.63) is 93.8 Å². The van der Waals surface area contributed by atoms with E-state index in [9.17, 15) is 9.59 Å². The van der Waals surface area contributed by atoms with Crippen LogP contribution in [0.1, 0.15) is 25.0 Å². The number of nitrogens with zero attached hydrogens (tertiary/aromatic N) is 4. The standard InChI is InChI=1S/C31H29N5O5/c1-5-41-26-17-23(22-8-6-7-21(16-22)15-19(2)31(38)40-4)11-14-25(26)28-32-29-27(30(37)33-28)34-35-36(29)18-20-9-12-24(39-3)13-10-20/h6-17H,5,18H2,1-4H3,(H,32,33,37)/b19-15+. The van der Waals surface area contributed by atoms with Crippen LogP contribution in [0, 0.1) is 0 Å². The number of aromatic amines is 1. The van der Waals surface area contributed by atoms with Crippen molar-refractivity contribution in [3.8, 4) is 34.0 Å². The molecule has 0 saturated carbocycles. The Hall–Kier alpha value is -5.25. The molecule has 41 heavy (non-hydrogen) atoms. The van der Waals surface area contributed by atoms with Gasteiger partial charge in [-0.1, -0.05) is 41.6 Å². The lowest BCUT2D eigenvalue weighted by Crippen LogP contribution is -2.12. The van der Waals surface area contributed by atoms with Crippen molar-refractivity contribution in [3.63, 3.8) is 0 Å². The second-order valence-electron chi connectivity index (χ2n) is 9.27. The average molecular weight is 552 g/mol. The molecule has 10 heteroatoms. The fourth-order valence-electron chi connectivity index (χ4n) is 4.45. The Morgan fingerprint density at radius 2 is 1.80 bits per heavy atom. The fraction of sp³-hybridized carbons (Fsp3) is 0.194. The van der Waals surface area contributed by atoms with Crippen LogP contribution in [0.15, 0.2) is 77.1 Å². The summed E-state index contributed by atoms with van der Waals surface area (Å²) < 4.78 is 17.6. The van der Waals surface area contributed by atoms with Crippen LogP contribution in [0.2, 0.25) is 0 Å². The molecule has 0 spiro atoms. The molecule has 0 aliphatic heterocycles. The summed E-state index contributed by atoms with van der Waals surface area (Å²) in [6.07, 6.45) is 1.78. The van der Waals surface area contributed by atoms with Gasteiger partial charge in [0.05, 0.1) is 32.9 Å². The van der Waals surface area contributed by atoms with Crippen LogP contribution >= 0.6 is 0 Å². The van der Waals surface area contributed by atoms with Gasteiger partial charge in [-0.05, 0) is 72.5 Å². The van der Waals surface area contributed by atoms with Crippen LogP contribution in [0.4, 0.5) is 0 Å². The van der Waals surface area contributed by atoms with Gasteiger partial charge in [0.2, 0.25) is 0 Å². The Kier molecular flexibility index (Phi) is 7.91. The Bertz CT molecular complexity index is 1800. The molecule has 0 aliphatic carbocycles. The summed E-state index contributed by atoms with van der Waals surface area (Å²) in [5, 5.41) is 8.23. The SMILES string of the molecule is CCOc1cc(-c2cccc(/C=C(\C)C(=O)OC)c2)ccc1-c1nc2c(nnn2Cc2ccc(OC)cc2)c(=O)[nH]1. The van der Waals surface area contributed by atoms with E-state index >= 15 is 0 Å². The number of carbonyl (C=O) groups is 1. The van der Waals surface area contributed by atoms with Crippen LogP contribution in [0.3, 0.4) is 0 Å². The predicted octanol–water partition coefficient (Wildman–Crippen LogP) is 4.88. The Labute approximate surface area is 236 Å². The first-order chi connectivity index (χ1) is 19.9. The van der Waals surface area contributed by atoms with E-state index in [1.807, 2.05) is 73.7 Å². The number of carbonyl (C=O) groups excluding carboxylic acids is 1. The van der Waals surface area contributed by atoms with Crippen LogP contribution in [0.25, 0.3) is 39.8 Å². The molecule has 0 unspecified atom stereocenters. The largest absolute Gasteiger partial charge is 0.497 e. The third-order valence-electron chi connectivity index (χ3n) is 6.51. The number of ether oxygens (including phenoxy) is 3. The monoisotopic (exact) mass is 551 g/mol. The Morgan fingerprint density at radius 1 is 1.02 bits per heavy atom.